The maximum absolute atomic E-state index is 13.1. The monoisotopic (exact) mass is 480 g/mol. The van der Waals surface area contributed by atoms with E-state index in [1.807, 2.05) is 12.1 Å². The van der Waals surface area contributed by atoms with Crippen molar-refractivity contribution in [3.8, 4) is 5.69 Å². The van der Waals surface area contributed by atoms with Crippen LogP contribution in [0.15, 0.2) is 53.0 Å². The van der Waals surface area contributed by atoms with E-state index in [0.717, 1.165) is 85.4 Å². The predicted molar refractivity (Wildman–Crippen MR) is 127 cm³/mol. The van der Waals surface area contributed by atoms with E-state index < -0.39 is 0 Å². The van der Waals surface area contributed by atoms with Crippen molar-refractivity contribution < 1.29 is 4.79 Å². The highest BCUT2D eigenvalue weighted by Crippen LogP contribution is 2.27. The van der Waals surface area contributed by atoms with Crippen LogP contribution in [0.4, 0.5) is 0 Å². The van der Waals surface area contributed by atoms with Gasteiger partial charge in [0.15, 0.2) is 0 Å². The second kappa shape index (κ2) is 9.13. The second-order valence-corrected chi connectivity index (χ2v) is 9.71. The molecule has 3 aromatic rings. The number of aromatic nitrogens is 2. The number of halogens is 1. The average Bonchev–Trinajstić information content (AvgIpc) is 3.17. The van der Waals surface area contributed by atoms with Gasteiger partial charge in [-0.3, -0.25) is 14.3 Å². The Bertz CT molecular complexity index is 1070. The third kappa shape index (κ3) is 4.41. The Labute approximate surface area is 192 Å². The third-order valence-electron chi connectivity index (χ3n) is 6.58. The van der Waals surface area contributed by atoms with Gasteiger partial charge < -0.3 is 4.90 Å². The zero-order valence-corrected chi connectivity index (χ0v) is 19.4. The summed E-state index contributed by atoms with van der Waals surface area (Å²) in [4.78, 5) is 22.6. The molecule has 6 heteroatoms. The highest BCUT2D eigenvalue weighted by molar-refractivity contribution is 9.10. The van der Waals surface area contributed by atoms with Crippen LogP contribution in [0.5, 0.6) is 0 Å². The van der Waals surface area contributed by atoms with Crippen molar-refractivity contribution in [2.75, 3.05) is 26.2 Å². The van der Waals surface area contributed by atoms with E-state index in [-0.39, 0.29) is 5.92 Å². The van der Waals surface area contributed by atoms with E-state index in [1.54, 1.807) is 0 Å². The summed E-state index contributed by atoms with van der Waals surface area (Å²) in [6.45, 7) is 4.48. The van der Waals surface area contributed by atoms with Gasteiger partial charge in [0.25, 0.3) is 0 Å². The Morgan fingerprint density at radius 2 is 1.84 bits per heavy atom. The lowest BCUT2D eigenvalue weighted by molar-refractivity contribution is -0.138. The quantitative estimate of drug-likeness (QED) is 0.526. The number of benzene rings is 2. The van der Waals surface area contributed by atoms with Crippen LogP contribution in [-0.4, -0.2) is 51.4 Å². The Morgan fingerprint density at radius 1 is 1.00 bits per heavy atom. The summed E-state index contributed by atoms with van der Waals surface area (Å²) in [6, 6.07) is 16.7. The van der Waals surface area contributed by atoms with Gasteiger partial charge in [0.2, 0.25) is 5.91 Å². The first-order chi connectivity index (χ1) is 15.2. The first kappa shape index (κ1) is 20.7. The number of imidazole rings is 1. The number of carbonyl (C=O) groups is 1. The SMILES string of the molecule is O=C([C@H]1CCCN(Cc2nc3ccccc3n2-c2cccc(Br)c2)C1)N1CCCCC1. The number of hydrogen-bond donors (Lipinski definition) is 0. The first-order valence-corrected chi connectivity index (χ1v) is 12.2. The van der Waals surface area contributed by atoms with E-state index in [1.165, 1.54) is 6.42 Å². The van der Waals surface area contributed by atoms with Crippen molar-refractivity contribution in [2.24, 2.45) is 5.92 Å². The number of likely N-dealkylation sites (tertiary alicyclic amines) is 2. The van der Waals surface area contributed by atoms with Gasteiger partial charge in [0.05, 0.1) is 23.5 Å². The Morgan fingerprint density at radius 3 is 2.68 bits per heavy atom. The zero-order valence-electron chi connectivity index (χ0n) is 17.8. The smallest absolute Gasteiger partial charge is 0.226 e. The molecule has 0 unspecified atom stereocenters. The van der Waals surface area contributed by atoms with Crippen LogP contribution >= 0.6 is 15.9 Å². The Hall–Kier alpha value is -2.18. The maximum Gasteiger partial charge on any atom is 0.226 e. The largest absolute Gasteiger partial charge is 0.342 e. The van der Waals surface area contributed by atoms with Gasteiger partial charge in [0, 0.05) is 29.8 Å². The predicted octanol–water partition coefficient (Wildman–Crippen LogP) is 5.01. The molecule has 2 aliphatic heterocycles. The summed E-state index contributed by atoms with van der Waals surface area (Å²) in [5.74, 6) is 1.52. The van der Waals surface area contributed by atoms with E-state index in [0.29, 0.717) is 5.91 Å². The van der Waals surface area contributed by atoms with E-state index in [2.05, 4.69) is 66.7 Å². The minimum absolute atomic E-state index is 0.121. The lowest BCUT2D eigenvalue weighted by Crippen LogP contribution is -2.46. The van der Waals surface area contributed by atoms with Gasteiger partial charge in [-0.15, -0.1) is 0 Å². The van der Waals surface area contributed by atoms with Gasteiger partial charge in [-0.05, 0) is 69.0 Å². The van der Waals surface area contributed by atoms with E-state index in [9.17, 15) is 4.79 Å². The van der Waals surface area contributed by atoms with Crippen LogP contribution in [0.2, 0.25) is 0 Å². The Kier molecular flexibility index (Phi) is 6.10. The van der Waals surface area contributed by atoms with Crippen molar-refractivity contribution in [3.63, 3.8) is 0 Å². The first-order valence-electron chi connectivity index (χ1n) is 11.4. The van der Waals surface area contributed by atoms with E-state index in [4.69, 9.17) is 4.98 Å². The minimum atomic E-state index is 0.121. The molecule has 0 spiro atoms. The molecule has 5 rings (SSSR count). The molecule has 1 aromatic heterocycles. The van der Waals surface area contributed by atoms with Gasteiger partial charge in [-0.1, -0.05) is 34.1 Å². The van der Waals surface area contributed by atoms with Gasteiger partial charge in [-0.2, -0.15) is 0 Å². The normalized spacial score (nSPS) is 20.3. The molecule has 0 N–H and O–H groups in total. The topological polar surface area (TPSA) is 41.4 Å². The van der Waals surface area contributed by atoms with Gasteiger partial charge in [-0.25, -0.2) is 4.98 Å². The van der Waals surface area contributed by atoms with Crippen LogP contribution < -0.4 is 0 Å². The molecule has 0 aliphatic carbocycles. The molecule has 2 fully saturated rings. The fourth-order valence-electron chi connectivity index (χ4n) is 5.06. The number of carbonyl (C=O) groups excluding carboxylic acids is 1. The molecule has 0 radical (unpaired) electrons. The van der Waals surface area contributed by atoms with Crippen molar-refractivity contribution in [1.29, 1.82) is 0 Å². The summed E-state index contributed by atoms with van der Waals surface area (Å²) < 4.78 is 3.31. The highest BCUT2D eigenvalue weighted by atomic mass is 79.9. The summed E-state index contributed by atoms with van der Waals surface area (Å²) in [6.07, 6.45) is 5.64. The number of rotatable bonds is 4. The molecular formula is C25H29BrN4O. The van der Waals surface area contributed by atoms with Crippen molar-refractivity contribution in [3.05, 3.63) is 58.8 Å². The standard InChI is InChI=1S/C25H29BrN4O/c26-20-9-6-10-21(16-20)30-23-12-3-2-11-22(23)27-24(30)18-28-13-7-8-19(17-28)25(31)29-14-4-1-5-15-29/h2-3,6,9-12,16,19H,1,4-5,7-8,13-15,17-18H2/t19-/m0/s1. The molecule has 3 heterocycles. The van der Waals surface area contributed by atoms with E-state index >= 15 is 0 Å². The number of hydrogen-bond acceptors (Lipinski definition) is 3. The van der Waals surface area contributed by atoms with Crippen LogP contribution in [-0.2, 0) is 11.3 Å². The molecule has 2 aromatic carbocycles. The van der Waals surface area contributed by atoms with Gasteiger partial charge in [0.1, 0.15) is 5.82 Å². The fraction of sp³-hybridized carbons (Fsp3) is 0.440. The molecule has 1 atom stereocenters. The van der Waals surface area contributed by atoms with Crippen LogP contribution in [0.3, 0.4) is 0 Å². The summed E-state index contributed by atoms with van der Waals surface area (Å²) in [5, 5.41) is 0. The number of piperidine rings is 2. The average molecular weight is 481 g/mol. The van der Waals surface area contributed by atoms with Crippen molar-refractivity contribution >= 4 is 32.9 Å². The molecule has 162 valence electrons. The fourth-order valence-corrected chi connectivity index (χ4v) is 5.45. The molecule has 2 aliphatic rings. The molecule has 5 nitrogen and oxygen atoms in total. The third-order valence-corrected chi connectivity index (χ3v) is 7.08. The molecular weight excluding hydrogens is 452 g/mol. The highest BCUT2D eigenvalue weighted by Gasteiger charge is 2.30. The number of nitrogens with zero attached hydrogens (tertiary/aromatic N) is 4. The summed E-state index contributed by atoms with van der Waals surface area (Å²) >= 11 is 3.61. The lowest BCUT2D eigenvalue weighted by atomic mass is 9.95. The summed E-state index contributed by atoms with van der Waals surface area (Å²) in [5.41, 5.74) is 3.24. The maximum atomic E-state index is 13.1. The zero-order chi connectivity index (χ0) is 21.2. The number of fused-ring (bicyclic) bond motifs is 1. The molecule has 31 heavy (non-hydrogen) atoms. The Balaban J connectivity index is 1.40. The number of amides is 1. The number of para-hydroxylation sites is 2. The molecule has 1 amide bonds. The van der Waals surface area contributed by atoms with Crippen LogP contribution in [0.25, 0.3) is 16.7 Å². The molecule has 0 saturated carbocycles. The van der Waals surface area contributed by atoms with Crippen LogP contribution in [0, 0.1) is 5.92 Å². The molecule has 2 saturated heterocycles. The van der Waals surface area contributed by atoms with Crippen LogP contribution in [0.1, 0.15) is 37.9 Å². The van der Waals surface area contributed by atoms with Gasteiger partial charge >= 0.3 is 0 Å². The van der Waals surface area contributed by atoms with Crippen molar-refractivity contribution in [2.45, 2.75) is 38.6 Å². The second-order valence-electron chi connectivity index (χ2n) is 8.79. The molecule has 0 bridgehead atoms. The van der Waals surface area contributed by atoms with Crippen molar-refractivity contribution in [1.82, 2.24) is 19.4 Å². The lowest BCUT2D eigenvalue weighted by Gasteiger charge is -2.36. The summed E-state index contributed by atoms with van der Waals surface area (Å²) in [7, 11) is 0. The minimum Gasteiger partial charge on any atom is -0.342 e.